The van der Waals surface area contributed by atoms with E-state index in [1.807, 2.05) is 5.32 Å². The van der Waals surface area contributed by atoms with Gasteiger partial charge in [0.05, 0.1) is 6.54 Å². The molecule has 0 spiro atoms. The van der Waals surface area contributed by atoms with Crippen LogP contribution in [0.4, 0.5) is 26.3 Å². The molecule has 100 valence electrons. The number of nitrogens with zero attached hydrogens (tertiary/aromatic N) is 1. The number of carbonyl (C=O) groups is 1. The molecule has 10 heteroatoms. The Morgan fingerprint density at radius 2 is 1.76 bits per heavy atom. The van der Waals surface area contributed by atoms with Gasteiger partial charge in [-0.05, 0) is 0 Å². The van der Waals surface area contributed by atoms with E-state index in [0.29, 0.717) is 0 Å². The molecular weight excluding hydrogens is 258 g/mol. The largest absolute Gasteiger partial charge is 0.419 e. The van der Waals surface area contributed by atoms with Crippen molar-refractivity contribution in [1.29, 1.82) is 0 Å². The third kappa shape index (κ3) is 2.32. The van der Waals surface area contributed by atoms with E-state index in [1.165, 1.54) is 7.05 Å². The van der Waals surface area contributed by atoms with Gasteiger partial charge in [-0.25, -0.2) is 0 Å². The van der Waals surface area contributed by atoms with Crippen molar-refractivity contribution in [1.82, 2.24) is 10.4 Å². The predicted octanol–water partition coefficient (Wildman–Crippen LogP) is 0.843. The van der Waals surface area contributed by atoms with E-state index in [4.69, 9.17) is 0 Å². The highest BCUT2D eigenvalue weighted by molar-refractivity contribution is 5.76. The van der Waals surface area contributed by atoms with Gasteiger partial charge in [0.1, 0.15) is 6.61 Å². The SMILES string of the molecule is CNC(=O)CON1CC1(C(F)(F)F)C(F)(F)F. The topological polar surface area (TPSA) is 41.3 Å². The van der Waals surface area contributed by atoms with Gasteiger partial charge >= 0.3 is 12.4 Å². The molecular formula is C7H8F6N2O2. The molecule has 1 N–H and O–H groups in total. The smallest absolute Gasteiger partial charge is 0.357 e. The van der Waals surface area contributed by atoms with Crippen LogP contribution in [0, 0.1) is 0 Å². The van der Waals surface area contributed by atoms with Crippen LogP contribution < -0.4 is 5.32 Å². The maximum atomic E-state index is 12.3. The van der Waals surface area contributed by atoms with Crippen molar-refractivity contribution in [3.05, 3.63) is 0 Å². The lowest BCUT2D eigenvalue weighted by molar-refractivity contribution is -0.305. The summed E-state index contributed by atoms with van der Waals surface area (Å²) >= 11 is 0. The predicted molar refractivity (Wildman–Crippen MR) is 41.6 cm³/mol. The Labute approximate surface area is 91.5 Å². The van der Waals surface area contributed by atoms with Gasteiger partial charge in [-0.15, -0.1) is 0 Å². The number of alkyl halides is 6. The van der Waals surface area contributed by atoms with Crippen molar-refractivity contribution in [2.45, 2.75) is 17.9 Å². The quantitative estimate of drug-likeness (QED) is 0.608. The van der Waals surface area contributed by atoms with Crippen molar-refractivity contribution in [2.24, 2.45) is 0 Å². The van der Waals surface area contributed by atoms with Crippen molar-refractivity contribution in [3.63, 3.8) is 0 Å². The average molecular weight is 266 g/mol. The first kappa shape index (κ1) is 14.0. The molecule has 0 aromatic carbocycles. The molecule has 0 radical (unpaired) electrons. The highest BCUT2D eigenvalue weighted by Crippen LogP contribution is 2.56. The second-order valence-electron chi connectivity index (χ2n) is 3.34. The lowest BCUT2D eigenvalue weighted by atomic mass is 10.1. The number of hydrogen-bond donors (Lipinski definition) is 1. The fourth-order valence-electron chi connectivity index (χ4n) is 1.16. The van der Waals surface area contributed by atoms with Gasteiger partial charge in [0, 0.05) is 7.05 Å². The number of halogens is 6. The van der Waals surface area contributed by atoms with Crippen LogP contribution in [-0.4, -0.2) is 49.1 Å². The maximum Gasteiger partial charge on any atom is 0.419 e. The Hall–Kier alpha value is -1.03. The average Bonchev–Trinajstić information content (AvgIpc) is 2.87. The van der Waals surface area contributed by atoms with Gasteiger partial charge in [0.25, 0.3) is 5.54 Å². The molecule has 1 heterocycles. The summed E-state index contributed by atoms with van der Waals surface area (Å²) in [4.78, 5) is 14.8. The van der Waals surface area contributed by atoms with E-state index in [9.17, 15) is 31.1 Å². The maximum absolute atomic E-state index is 12.3. The van der Waals surface area contributed by atoms with Gasteiger partial charge in [-0.1, -0.05) is 0 Å². The second-order valence-corrected chi connectivity index (χ2v) is 3.34. The molecule has 1 saturated heterocycles. The minimum Gasteiger partial charge on any atom is -0.357 e. The fourth-order valence-corrected chi connectivity index (χ4v) is 1.16. The lowest BCUT2D eigenvalue weighted by Gasteiger charge is -2.22. The monoisotopic (exact) mass is 266 g/mol. The molecule has 1 rings (SSSR count). The van der Waals surface area contributed by atoms with Crippen LogP contribution in [0.25, 0.3) is 0 Å². The van der Waals surface area contributed by atoms with E-state index >= 15 is 0 Å². The number of carbonyl (C=O) groups excluding carboxylic acids is 1. The molecule has 0 bridgehead atoms. The van der Waals surface area contributed by atoms with Crippen LogP contribution in [-0.2, 0) is 9.63 Å². The minimum absolute atomic E-state index is 0.289. The van der Waals surface area contributed by atoms with E-state index in [1.54, 1.807) is 0 Å². The molecule has 0 saturated carbocycles. The fraction of sp³-hybridized carbons (Fsp3) is 0.857. The summed E-state index contributed by atoms with van der Waals surface area (Å²) in [7, 11) is 1.18. The lowest BCUT2D eigenvalue weighted by Crippen LogP contribution is -2.49. The molecule has 1 aliphatic heterocycles. The Morgan fingerprint density at radius 1 is 1.29 bits per heavy atom. The molecule has 1 aliphatic rings. The number of nitrogens with one attached hydrogen (secondary N) is 1. The van der Waals surface area contributed by atoms with Crippen molar-refractivity contribution < 1.29 is 36.0 Å². The van der Waals surface area contributed by atoms with Gasteiger partial charge in [-0.2, -0.15) is 31.4 Å². The van der Waals surface area contributed by atoms with Crippen LogP contribution >= 0.6 is 0 Å². The number of hydroxylamine groups is 2. The highest BCUT2D eigenvalue weighted by atomic mass is 19.4. The molecule has 1 amide bonds. The molecule has 0 aromatic heterocycles. The van der Waals surface area contributed by atoms with Crippen LogP contribution in [0.1, 0.15) is 0 Å². The summed E-state index contributed by atoms with van der Waals surface area (Å²) in [5.74, 6) is -0.824. The first-order valence-electron chi connectivity index (χ1n) is 4.31. The first-order valence-corrected chi connectivity index (χ1v) is 4.31. The van der Waals surface area contributed by atoms with Crippen molar-refractivity contribution in [2.75, 3.05) is 20.2 Å². The summed E-state index contributed by atoms with van der Waals surface area (Å²) in [6, 6.07) is 0. The Bertz CT molecular complexity index is 298. The Balaban J connectivity index is 2.72. The first-order chi connectivity index (χ1) is 7.56. The summed E-state index contributed by atoms with van der Waals surface area (Å²) in [5.41, 5.74) is -3.99. The van der Waals surface area contributed by atoms with E-state index in [2.05, 4.69) is 4.84 Å². The standard InChI is InChI=1S/C7H8F6N2O2/c1-14-4(16)2-17-15-3-5(15,6(8,9)10)7(11,12)13/h2-3H2,1H3,(H,14,16). The third-order valence-corrected chi connectivity index (χ3v) is 2.26. The second kappa shape index (κ2) is 4.02. The normalized spacial score (nSPS) is 23.4. The van der Waals surface area contributed by atoms with Gasteiger partial charge in [-0.3, -0.25) is 9.63 Å². The molecule has 17 heavy (non-hydrogen) atoms. The van der Waals surface area contributed by atoms with Crippen LogP contribution in [0.15, 0.2) is 0 Å². The number of rotatable bonds is 3. The van der Waals surface area contributed by atoms with Crippen LogP contribution in [0.2, 0.25) is 0 Å². The van der Waals surface area contributed by atoms with Gasteiger partial charge in [0.2, 0.25) is 5.91 Å². The summed E-state index contributed by atoms with van der Waals surface area (Å²) in [6.45, 7) is -2.26. The zero-order valence-corrected chi connectivity index (χ0v) is 8.45. The Morgan fingerprint density at radius 3 is 2.06 bits per heavy atom. The third-order valence-electron chi connectivity index (χ3n) is 2.26. The number of amides is 1. The van der Waals surface area contributed by atoms with E-state index in [-0.39, 0.29) is 5.06 Å². The summed E-state index contributed by atoms with van der Waals surface area (Å²) in [5, 5.41) is 1.71. The van der Waals surface area contributed by atoms with E-state index in [0.717, 1.165) is 0 Å². The zero-order valence-electron chi connectivity index (χ0n) is 8.45. The molecule has 0 aliphatic carbocycles. The Kier molecular flexibility index (Phi) is 3.32. The number of hydrogen-bond acceptors (Lipinski definition) is 3. The van der Waals surface area contributed by atoms with Crippen molar-refractivity contribution >= 4 is 5.91 Å². The molecule has 1 fully saturated rings. The van der Waals surface area contributed by atoms with Crippen LogP contribution in [0.5, 0.6) is 0 Å². The van der Waals surface area contributed by atoms with Crippen LogP contribution in [0.3, 0.4) is 0 Å². The molecule has 0 aromatic rings. The molecule has 1 atom stereocenters. The van der Waals surface area contributed by atoms with Gasteiger partial charge < -0.3 is 5.32 Å². The molecule has 4 nitrogen and oxygen atoms in total. The number of likely N-dealkylation sites (N-methyl/N-ethyl adjacent to an activating group) is 1. The minimum atomic E-state index is -5.51. The summed E-state index contributed by atoms with van der Waals surface area (Å²) in [6.07, 6.45) is -11.0. The van der Waals surface area contributed by atoms with E-state index < -0.39 is 37.0 Å². The molecule has 1 unspecified atom stereocenters. The summed E-state index contributed by atoms with van der Waals surface area (Å²) < 4.78 is 73.8. The zero-order chi connectivity index (χ0) is 13.5. The van der Waals surface area contributed by atoms with Gasteiger partial charge in [0.15, 0.2) is 0 Å². The van der Waals surface area contributed by atoms with Crippen molar-refractivity contribution in [3.8, 4) is 0 Å². The highest BCUT2D eigenvalue weighted by Gasteiger charge is 2.84.